The second-order valence-electron chi connectivity index (χ2n) is 5.16. The molecule has 0 radical (unpaired) electrons. The fourth-order valence-corrected chi connectivity index (χ4v) is 4.20. The molecule has 0 aliphatic heterocycles. The summed E-state index contributed by atoms with van der Waals surface area (Å²) in [4.78, 5) is 0. The van der Waals surface area contributed by atoms with E-state index in [1.165, 1.54) is 37.1 Å². The lowest BCUT2D eigenvalue weighted by Crippen LogP contribution is -1.93. The van der Waals surface area contributed by atoms with Gasteiger partial charge in [-0.25, -0.2) is 0 Å². The van der Waals surface area contributed by atoms with Gasteiger partial charge in [-0.15, -0.1) is 11.3 Å². The summed E-state index contributed by atoms with van der Waals surface area (Å²) < 4.78 is 5.11. The Hall–Kier alpha value is -2.06. The SMILES string of the molecule is Cc1c2sc3ccccc3c2c(-c2ccccc2)n1C. The van der Waals surface area contributed by atoms with Crippen LogP contribution >= 0.6 is 11.3 Å². The second kappa shape index (κ2) is 4.22. The number of hydrogen-bond donors (Lipinski definition) is 0. The highest BCUT2D eigenvalue weighted by atomic mass is 32.1. The van der Waals surface area contributed by atoms with Crippen LogP contribution in [0.3, 0.4) is 0 Å². The van der Waals surface area contributed by atoms with E-state index >= 15 is 0 Å². The molecular weight excluding hydrogens is 262 g/mol. The maximum atomic E-state index is 2.32. The van der Waals surface area contributed by atoms with Gasteiger partial charge in [-0.3, -0.25) is 0 Å². The monoisotopic (exact) mass is 277 g/mol. The van der Waals surface area contributed by atoms with E-state index < -0.39 is 0 Å². The van der Waals surface area contributed by atoms with Crippen molar-refractivity contribution in [1.29, 1.82) is 0 Å². The molecule has 0 atom stereocenters. The molecule has 2 heterocycles. The van der Waals surface area contributed by atoms with Crippen LogP contribution in [-0.4, -0.2) is 4.57 Å². The van der Waals surface area contributed by atoms with Crippen LogP contribution in [0, 0.1) is 6.92 Å². The van der Waals surface area contributed by atoms with Crippen molar-refractivity contribution in [2.45, 2.75) is 6.92 Å². The molecule has 0 saturated carbocycles. The quantitative estimate of drug-likeness (QED) is 0.441. The third kappa shape index (κ3) is 1.49. The Kier molecular flexibility index (Phi) is 2.48. The summed E-state index contributed by atoms with van der Waals surface area (Å²) in [5, 5.41) is 2.77. The summed E-state index contributed by atoms with van der Waals surface area (Å²) in [6, 6.07) is 19.4. The first-order valence-electron chi connectivity index (χ1n) is 6.79. The molecule has 4 aromatic rings. The minimum Gasteiger partial charge on any atom is -0.346 e. The fraction of sp³-hybridized carbons (Fsp3) is 0.111. The van der Waals surface area contributed by atoms with Gasteiger partial charge in [0.25, 0.3) is 0 Å². The lowest BCUT2D eigenvalue weighted by molar-refractivity contribution is 0.898. The van der Waals surface area contributed by atoms with Gasteiger partial charge in [0.2, 0.25) is 0 Å². The highest BCUT2D eigenvalue weighted by molar-refractivity contribution is 7.26. The number of benzene rings is 2. The van der Waals surface area contributed by atoms with Crippen LogP contribution in [0.25, 0.3) is 31.4 Å². The summed E-state index contributed by atoms with van der Waals surface area (Å²) in [5.74, 6) is 0. The molecule has 0 amide bonds. The molecule has 0 bridgehead atoms. The lowest BCUT2D eigenvalue weighted by atomic mass is 10.1. The van der Waals surface area contributed by atoms with Crippen LogP contribution in [-0.2, 0) is 7.05 Å². The molecule has 0 aliphatic rings. The van der Waals surface area contributed by atoms with Gasteiger partial charge in [0.1, 0.15) is 0 Å². The van der Waals surface area contributed by atoms with Crippen LogP contribution < -0.4 is 0 Å². The molecule has 0 unspecified atom stereocenters. The summed E-state index contributed by atoms with van der Waals surface area (Å²) in [6.07, 6.45) is 0. The lowest BCUT2D eigenvalue weighted by Gasteiger charge is -2.06. The van der Waals surface area contributed by atoms with Crippen molar-refractivity contribution >= 4 is 31.5 Å². The van der Waals surface area contributed by atoms with Crippen LogP contribution in [0.4, 0.5) is 0 Å². The highest BCUT2D eigenvalue weighted by Crippen LogP contribution is 2.42. The minimum absolute atomic E-state index is 1.29. The Balaban J connectivity index is 2.22. The van der Waals surface area contributed by atoms with Gasteiger partial charge in [0.05, 0.1) is 10.4 Å². The number of nitrogens with zero attached hydrogens (tertiary/aromatic N) is 1. The number of thiophene rings is 1. The summed E-state index contributed by atoms with van der Waals surface area (Å²) in [5.41, 5.74) is 3.97. The van der Waals surface area contributed by atoms with Gasteiger partial charge in [0.15, 0.2) is 0 Å². The molecule has 0 N–H and O–H groups in total. The topological polar surface area (TPSA) is 4.93 Å². The molecule has 1 nitrogen and oxygen atoms in total. The van der Waals surface area contributed by atoms with E-state index in [-0.39, 0.29) is 0 Å². The van der Waals surface area contributed by atoms with Crippen LogP contribution in [0.1, 0.15) is 5.69 Å². The molecule has 0 aliphatic carbocycles. The van der Waals surface area contributed by atoms with E-state index in [0.29, 0.717) is 0 Å². The maximum Gasteiger partial charge on any atom is 0.0574 e. The molecule has 20 heavy (non-hydrogen) atoms. The average Bonchev–Trinajstić information content (AvgIpc) is 2.97. The Morgan fingerprint density at radius 1 is 0.900 bits per heavy atom. The molecule has 2 heteroatoms. The maximum absolute atomic E-state index is 2.32. The third-order valence-corrected chi connectivity index (χ3v) is 5.33. The first-order chi connectivity index (χ1) is 9.77. The largest absolute Gasteiger partial charge is 0.346 e. The van der Waals surface area contributed by atoms with E-state index in [1.807, 2.05) is 11.3 Å². The third-order valence-electron chi connectivity index (χ3n) is 4.05. The number of aryl methyl sites for hydroxylation is 1. The summed E-state index contributed by atoms with van der Waals surface area (Å²) in [7, 11) is 2.17. The highest BCUT2D eigenvalue weighted by Gasteiger charge is 2.17. The van der Waals surface area contributed by atoms with Crippen molar-refractivity contribution in [2.75, 3.05) is 0 Å². The predicted molar refractivity (Wildman–Crippen MR) is 88.5 cm³/mol. The number of hydrogen-bond acceptors (Lipinski definition) is 1. The summed E-state index contributed by atoms with van der Waals surface area (Å²) in [6.45, 7) is 2.21. The van der Waals surface area contributed by atoms with Gasteiger partial charge in [-0.05, 0) is 18.6 Å². The standard InChI is InChI=1S/C18H15NS/c1-12-18-16(14-10-6-7-11-15(14)20-18)17(19(12)2)13-8-4-3-5-9-13/h3-11H,1-2H3. The van der Waals surface area contributed by atoms with Crippen molar-refractivity contribution in [2.24, 2.45) is 7.05 Å². The minimum atomic E-state index is 1.29. The number of aromatic nitrogens is 1. The van der Waals surface area contributed by atoms with E-state index in [4.69, 9.17) is 0 Å². The molecule has 0 spiro atoms. The molecule has 2 aromatic carbocycles. The number of fused-ring (bicyclic) bond motifs is 3. The second-order valence-corrected chi connectivity index (χ2v) is 6.21. The first kappa shape index (κ1) is 11.7. The Morgan fingerprint density at radius 2 is 1.60 bits per heavy atom. The first-order valence-corrected chi connectivity index (χ1v) is 7.61. The van der Waals surface area contributed by atoms with Gasteiger partial charge < -0.3 is 4.57 Å². The van der Waals surface area contributed by atoms with Gasteiger partial charge in [-0.1, -0.05) is 48.5 Å². The Morgan fingerprint density at radius 3 is 2.40 bits per heavy atom. The van der Waals surface area contributed by atoms with Gasteiger partial charge >= 0.3 is 0 Å². The molecule has 0 fully saturated rings. The van der Waals surface area contributed by atoms with Crippen molar-refractivity contribution < 1.29 is 0 Å². The zero-order valence-corrected chi connectivity index (χ0v) is 12.4. The van der Waals surface area contributed by atoms with E-state index in [9.17, 15) is 0 Å². The predicted octanol–water partition coefficient (Wildman–Crippen LogP) is 5.37. The smallest absolute Gasteiger partial charge is 0.0574 e. The molecular formula is C18H15NS. The van der Waals surface area contributed by atoms with Crippen molar-refractivity contribution in [1.82, 2.24) is 4.57 Å². The molecule has 2 aromatic heterocycles. The summed E-state index contributed by atoms with van der Waals surface area (Å²) >= 11 is 1.90. The van der Waals surface area contributed by atoms with Crippen LogP contribution in [0.5, 0.6) is 0 Å². The molecule has 0 saturated heterocycles. The zero-order valence-electron chi connectivity index (χ0n) is 11.6. The van der Waals surface area contributed by atoms with Crippen molar-refractivity contribution in [3.63, 3.8) is 0 Å². The molecule has 4 rings (SSSR count). The number of rotatable bonds is 1. The van der Waals surface area contributed by atoms with Gasteiger partial charge in [0, 0.05) is 28.2 Å². The van der Waals surface area contributed by atoms with Crippen molar-refractivity contribution in [3.05, 3.63) is 60.3 Å². The van der Waals surface area contributed by atoms with Crippen LogP contribution in [0.2, 0.25) is 0 Å². The fourth-order valence-electron chi connectivity index (χ4n) is 2.96. The van der Waals surface area contributed by atoms with Crippen LogP contribution in [0.15, 0.2) is 54.6 Å². The average molecular weight is 277 g/mol. The van der Waals surface area contributed by atoms with E-state index in [0.717, 1.165) is 0 Å². The normalized spacial score (nSPS) is 11.5. The Bertz CT molecular complexity index is 913. The molecule has 98 valence electrons. The Labute approximate surface area is 122 Å². The van der Waals surface area contributed by atoms with Gasteiger partial charge in [-0.2, -0.15) is 0 Å². The van der Waals surface area contributed by atoms with Crippen molar-refractivity contribution in [3.8, 4) is 11.3 Å². The van der Waals surface area contributed by atoms with E-state index in [1.54, 1.807) is 0 Å². The van der Waals surface area contributed by atoms with E-state index in [2.05, 4.69) is 73.1 Å². The zero-order chi connectivity index (χ0) is 13.7.